The van der Waals surface area contributed by atoms with Crippen molar-refractivity contribution < 1.29 is 14.3 Å². The minimum Gasteiger partial charge on any atom is -0.464 e. The van der Waals surface area contributed by atoms with Gasteiger partial charge in [-0.25, -0.2) is 4.79 Å². The normalized spacial score (nSPS) is 12.5. The molecule has 0 bridgehead atoms. The fourth-order valence-corrected chi connectivity index (χ4v) is 1.78. The molecular weight excluding hydrogens is 242 g/mol. The van der Waals surface area contributed by atoms with Gasteiger partial charge in [0.05, 0.1) is 12.7 Å². The number of carbonyl (C=O) groups excluding carboxylic acids is 1. The van der Waals surface area contributed by atoms with Crippen LogP contribution in [0, 0.1) is 0 Å². The van der Waals surface area contributed by atoms with E-state index in [1.54, 1.807) is 6.92 Å². The van der Waals surface area contributed by atoms with Crippen molar-refractivity contribution in [3.63, 3.8) is 0 Å². The molecule has 0 radical (unpaired) electrons. The van der Waals surface area contributed by atoms with E-state index in [2.05, 4.69) is 0 Å². The van der Waals surface area contributed by atoms with Gasteiger partial charge >= 0.3 is 5.97 Å². The standard InChI is InChI=1S/C15H23NO3/c1-4-18-15(17)14(19-11(2)3)9-12-5-7-13(10-16)8-6-12/h5-8,11,14H,4,9-10,16H2,1-3H3. The van der Waals surface area contributed by atoms with E-state index in [4.69, 9.17) is 15.2 Å². The van der Waals surface area contributed by atoms with Crippen molar-refractivity contribution >= 4 is 5.97 Å². The molecule has 0 spiro atoms. The fourth-order valence-electron chi connectivity index (χ4n) is 1.78. The van der Waals surface area contributed by atoms with E-state index in [1.165, 1.54) is 0 Å². The Morgan fingerprint density at radius 1 is 1.21 bits per heavy atom. The number of hydrogen-bond acceptors (Lipinski definition) is 4. The lowest BCUT2D eigenvalue weighted by molar-refractivity contribution is -0.159. The van der Waals surface area contributed by atoms with Crippen LogP contribution in [-0.2, 0) is 27.2 Å². The van der Waals surface area contributed by atoms with Crippen molar-refractivity contribution in [3.8, 4) is 0 Å². The van der Waals surface area contributed by atoms with Crippen molar-refractivity contribution in [2.24, 2.45) is 5.73 Å². The molecule has 0 aliphatic carbocycles. The summed E-state index contributed by atoms with van der Waals surface area (Å²) in [5.74, 6) is -0.306. The predicted molar refractivity (Wildman–Crippen MR) is 74.7 cm³/mol. The van der Waals surface area contributed by atoms with Crippen LogP contribution in [0.15, 0.2) is 24.3 Å². The van der Waals surface area contributed by atoms with Gasteiger partial charge in [-0.1, -0.05) is 24.3 Å². The molecule has 4 nitrogen and oxygen atoms in total. The van der Waals surface area contributed by atoms with Crippen LogP contribution in [0.3, 0.4) is 0 Å². The van der Waals surface area contributed by atoms with Gasteiger partial charge in [0.15, 0.2) is 6.10 Å². The monoisotopic (exact) mass is 265 g/mol. The number of esters is 1. The minimum atomic E-state index is -0.552. The predicted octanol–water partition coefficient (Wildman–Crippen LogP) is 2.04. The summed E-state index contributed by atoms with van der Waals surface area (Å²) in [5.41, 5.74) is 7.66. The Kier molecular flexibility index (Phi) is 6.53. The molecule has 1 atom stereocenters. The van der Waals surface area contributed by atoms with Crippen LogP contribution < -0.4 is 5.73 Å². The lowest BCUT2D eigenvalue weighted by Crippen LogP contribution is -2.31. The summed E-state index contributed by atoms with van der Waals surface area (Å²) < 4.78 is 10.7. The van der Waals surface area contributed by atoms with Gasteiger partial charge in [0.1, 0.15) is 0 Å². The summed E-state index contributed by atoms with van der Waals surface area (Å²) >= 11 is 0. The van der Waals surface area contributed by atoms with Gasteiger partial charge in [-0.3, -0.25) is 0 Å². The average Bonchev–Trinajstić information content (AvgIpc) is 2.38. The molecule has 0 saturated heterocycles. The van der Waals surface area contributed by atoms with E-state index in [1.807, 2.05) is 38.1 Å². The maximum atomic E-state index is 11.8. The quantitative estimate of drug-likeness (QED) is 0.766. The second kappa shape index (κ2) is 7.92. The third-order valence-corrected chi connectivity index (χ3v) is 2.67. The summed E-state index contributed by atoms with van der Waals surface area (Å²) in [4.78, 5) is 11.8. The highest BCUT2D eigenvalue weighted by Crippen LogP contribution is 2.11. The number of rotatable bonds is 7. The van der Waals surface area contributed by atoms with Gasteiger partial charge in [0.2, 0.25) is 0 Å². The first-order valence-electron chi connectivity index (χ1n) is 6.66. The molecule has 0 aliphatic heterocycles. The molecule has 0 fully saturated rings. The van der Waals surface area contributed by atoms with E-state index in [0.29, 0.717) is 19.6 Å². The van der Waals surface area contributed by atoms with E-state index in [9.17, 15) is 4.79 Å². The SMILES string of the molecule is CCOC(=O)C(Cc1ccc(CN)cc1)OC(C)C. The summed E-state index contributed by atoms with van der Waals surface area (Å²) in [5, 5.41) is 0. The highest BCUT2D eigenvalue weighted by Gasteiger charge is 2.22. The molecule has 19 heavy (non-hydrogen) atoms. The molecule has 4 heteroatoms. The fraction of sp³-hybridized carbons (Fsp3) is 0.533. The molecule has 0 aromatic heterocycles. The van der Waals surface area contributed by atoms with Gasteiger partial charge < -0.3 is 15.2 Å². The Hall–Kier alpha value is -1.39. The highest BCUT2D eigenvalue weighted by molar-refractivity contribution is 5.75. The summed E-state index contributed by atoms with van der Waals surface area (Å²) in [6.07, 6.45) is -0.0524. The van der Waals surface area contributed by atoms with Crippen molar-refractivity contribution in [3.05, 3.63) is 35.4 Å². The van der Waals surface area contributed by atoms with E-state index in [-0.39, 0.29) is 12.1 Å². The number of carbonyl (C=O) groups is 1. The number of nitrogens with two attached hydrogens (primary N) is 1. The van der Waals surface area contributed by atoms with Crippen LogP contribution in [0.4, 0.5) is 0 Å². The molecule has 0 amide bonds. The Bertz CT molecular complexity index is 387. The van der Waals surface area contributed by atoms with Crippen LogP contribution in [-0.4, -0.2) is 24.8 Å². The molecule has 0 saturated carbocycles. The summed E-state index contributed by atoms with van der Waals surface area (Å²) in [6, 6.07) is 7.87. The topological polar surface area (TPSA) is 61.5 Å². The van der Waals surface area contributed by atoms with E-state index in [0.717, 1.165) is 11.1 Å². The zero-order valence-corrected chi connectivity index (χ0v) is 11.9. The molecule has 0 aliphatic rings. The second-order valence-electron chi connectivity index (χ2n) is 4.65. The van der Waals surface area contributed by atoms with Crippen molar-refractivity contribution in [2.75, 3.05) is 6.61 Å². The third-order valence-electron chi connectivity index (χ3n) is 2.67. The minimum absolute atomic E-state index is 0.0160. The Morgan fingerprint density at radius 3 is 2.26 bits per heavy atom. The second-order valence-corrected chi connectivity index (χ2v) is 4.65. The van der Waals surface area contributed by atoms with Gasteiger partial charge in [-0.05, 0) is 31.9 Å². The summed E-state index contributed by atoms with van der Waals surface area (Å²) in [6.45, 7) is 6.49. The van der Waals surface area contributed by atoms with Crippen LogP contribution in [0.2, 0.25) is 0 Å². The van der Waals surface area contributed by atoms with Gasteiger partial charge in [-0.2, -0.15) is 0 Å². The maximum absolute atomic E-state index is 11.8. The average molecular weight is 265 g/mol. The van der Waals surface area contributed by atoms with Crippen LogP contribution in [0.5, 0.6) is 0 Å². The molecule has 2 N–H and O–H groups in total. The molecule has 1 unspecified atom stereocenters. The van der Waals surface area contributed by atoms with Crippen molar-refractivity contribution in [1.82, 2.24) is 0 Å². The van der Waals surface area contributed by atoms with Crippen LogP contribution >= 0.6 is 0 Å². The lowest BCUT2D eigenvalue weighted by atomic mass is 10.1. The first-order chi connectivity index (χ1) is 9.06. The van der Waals surface area contributed by atoms with Gasteiger partial charge in [0, 0.05) is 13.0 Å². The highest BCUT2D eigenvalue weighted by atomic mass is 16.6. The Balaban J connectivity index is 2.72. The number of ether oxygens (including phenoxy) is 2. The zero-order chi connectivity index (χ0) is 14.3. The first kappa shape index (κ1) is 15.7. The van der Waals surface area contributed by atoms with Crippen LogP contribution in [0.25, 0.3) is 0 Å². The van der Waals surface area contributed by atoms with E-state index >= 15 is 0 Å². The largest absolute Gasteiger partial charge is 0.464 e. The van der Waals surface area contributed by atoms with Gasteiger partial charge in [0.25, 0.3) is 0 Å². The third kappa shape index (κ3) is 5.41. The van der Waals surface area contributed by atoms with Crippen LogP contribution in [0.1, 0.15) is 31.9 Å². The van der Waals surface area contributed by atoms with Crippen molar-refractivity contribution in [1.29, 1.82) is 0 Å². The summed E-state index contributed by atoms with van der Waals surface area (Å²) in [7, 11) is 0. The van der Waals surface area contributed by atoms with E-state index < -0.39 is 6.10 Å². The Labute approximate surface area is 114 Å². The molecular formula is C15H23NO3. The molecule has 1 aromatic rings. The number of benzene rings is 1. The molecule has 0 heterocycles. The van der Waals surface area contributed by atoms with Crippen molar-refractivity contribution in [2.45, 2.75) is 45.9 Å². The first-order valence-corrected chi connectivity index (χ1v) is 6.66. The zero-order valence-electron chi connectivity index (χ0n) is 11.9. The van der Waals surface area contributed by atoms with Gasteiger partial charge in [-0.15, -0.1) is 0 Å². The molecule has 1 rings (SSSR count). The number of hydrogen-bond donors (Lipinski definition) is 1. The smallest absolute Gasteiger partial charge is 0.335 e. The lowest BCUT2D eigenvalue weighted by Gasteiger charge is -2.19. The molecule has 1 aromatic carbocycles. The maximum Gasteiger partial charge on any atom is 0.335 e. The Morgan fingerprint density at radius 2 is 1.79 bits per heavy atom. The molecule has 106 valence electrons.